The standard InChI is InChI=1S/C74H94N12O10SSi/c1-47(2)68(72(89)86-42-54(96-98(9,10)74(5,6)7)35-63(86)71(88)78-48(3)51-23-25-52(26-24-51)69-49(4)77-45-97-69)65-37-67(81-95-65)92-34-33-82-29-27-50(28-30-82)39-83-31-32-85-53(40-83)41-84(70-62(85)36-61(79-80-70)59-21-15-16-22-64(59)94-46-91-8)44-76-66(87)38-75-73(90)93-43-60-57-19-13-11-17-55(57)56-18-12-14-20-58(56)60/h11-26,36-37,45,47-48,50,53-54,60,63,68H,27-35,38-44,46H2,1-10H3,(H,75,90)(H,76,87)(H,78,88)/t48-,53+,54+,63-,68+/m0/s1. The molecule has 5 aliphatic rings. The van der Waals surface area contributed by atoms with Gasteiger partial charge in [-0.2, -0.15) is 0 Å². The molecule has 22 nitrogen and oxygen atoms in total. The van der Waals surface area contributed by atoms with E-state index in [4.69, 9.17) is 38.1 Å². The van der Waals surface area contributed by atoms with Crippen LogP contribution >= 0.6 is 11.3 Å². The van der Waals surface area contributed by atoms with Crippen LogP contribution in [-0.4, -0.2) is 185 Å². The minimum Gasteiger partial charge on any atom is -0.474 e. The largest absolute Gasteiger partial charge is 0.474 e. The van der Waals surface area contributed by atoms with E-state index in [0.29, 0.717) is 67.5 Å². The molecular weight excluding hydrogens is 1280 g/mol. The number of ether oxygens (including phenoxy) is 4. The molecule has 520 valence electrons. The number of carbonyl (C=O) groups is 4. The van der Waals surface area contributed by atoms with E-state index in [1.807, 2.05) is 93.9 Å². The van der Waals surface area contributed by atoms with E-state index in [0.717, 1.165) is 107 Å². The zero-order valence-corrected chi connectivity index (χ0v) is 59.9. The number of aromatic nitrogens is 4. The quantitative estimate of drug-likeness (QED) is 0.0357. The number of nitrogens with one attached hydrogen (secondary N) is 3. The fourth-order valence-electron chi connectivity index (χ4n) is 14.3. The second-order valence-corrected chi connectivity index (χ2v) is 34.1. The molecule has 3 saturated heterocycles. The number of anilines is 2. The summed E-state index contributed by atoms with van der Waals surface area (Å²) in [5.74, 6) is 0.776. The molecule has 7 aromatic rings. The maximum absolute atomic E-state index is 15.0. The third-order valence-corrected chi connectivity index (χ3v) is 26.1. The Morgan fingerprint density at radius 2 is 1.52 bits per heavy atom. The van der Waals surface area contributed by atoms with Crippen molar-refractivity contribution in [2.75, 3.05) is 109 Å². The van der Waals surface area contributed by atoms with Crippen LogP contribution in [0.1, 0.15) is 107 Å². The molecule has 4 amide bonds. The molecule has 4 aromatic carbocycles. The van der Waals surface area contributed by atoms with E-state index >= 15 is 4.79 Å². The zero-order chi connectivity index (χ0) is 68.8. The molecule has 0 unspecified atom stereocenters. The average molecular weight is 1370 g/mol. The highest BCUT2D eigenvalue weighted by atomic mass is 32.1. The molecule has 24 heteroatoms. The Bertz CT molecular complexity index is 3880. The van der Waals surface area contributed by atoms with Crippen LogP contribution in [-0.2, 0) is 28.3 Å². The number of aryl methyl sites for hydroxylation is 1. The molecule has 5 atom stereocenters. The Labute approximate surface area is 580 Å². The number of rotatable bonds is 25. The van der Waals surface area contributed by atoms with Crippen LogP contribution in [0.25, 0.3) is 32.8 Å². The van der Waals surface area contributed by atoms with Gasteiger partial charge in [-0.15, -0.1) is 21.5 Å². The van der Waals surface area contributed by atoms with Crippen molar-refractivity contribution in [3.8, 4) is 44.5 Å². The highest BCUT2D eigenvalue weighted by Crippen LogP contribution is 2.46. The number of fused-ring (bicyclic) bond motifs is 6. The summed E-state index contributed by atoms with van der Waals surface area (Å²) in [5.41, 5.74) is 11.8. The van der Waals surface area contributed by atoms with Gasteiger partial charge in [-0.3, -0.25) is 24.2 Å². The molecule has 0 bridgehead atoms. The number of amides is 4. The number of nitrogens with zero attached hydrogens (tertiary/aromatic N) is 9. The number of thiazole rings is 1. The molecule has 98 heavy (non-hydrogen) atoms. The highest BCUT2D eigenvalue weighted by Gasteiger charge is 2.48. The lowest BCUT2D eigenvalue weighted by atomic mass is 9.91. The molecule has 1 aliphatic carbocycles. The summed E-state index contributed by atoms with van der Waals surface area (Å²) in [7, 11) is -0.682. The third kappa shape index (κ3) is 15.7. The Morgan fingerprint density at radius 3 is 2.21 bits per heavy atom. The van der Waals surface area contributed by atoms with Gasteiger partial charge in [0.1, 0.15) is 37.5 Å². The molecule has 4 aliphatic heterocycles. The van der Waals surface area contributed by atoms with Gasteiger partial charge in [0.05, 0.1) is 52.3 Å². The van der Waals surface area contributed by atoms with Gasteiger partial charge in [0, 0.05) is 76.9 Å². The van der Waals surface area contributed by atoms with E-state index in [2.05, 4.69) is 122 Å². The first kappa shape index (κ1) is 69.6. The molecular formula is C74H94N12O10SSi. The number of piperidine rings is 1. The van der Waals surface area contributed by atoms with Crippen LogP contribution in [0.5, 0.6) is 11.6 Å². The zero-order valence-electron chi connectivity index (χ0n) is 58.1. The van der Waals surface area contributed by atoms with Crippen molar-refractivity contribution in [1.82, 2.24) is 51.0 Å². The van der Waals surface area contributed by atoms with Gasteiger partial charge in [0.25, 0.3) is 5.88 Å². The maximum Gasteiger partial charge on any atom is 0.407 e. The molecule has 0 spiro atoms. The van der Waals surface area contributed by atoms with E-state index in [1.165, 1.54) is 0 Å². The summed E-state index contributed by atoms with van der Waals surface area (Å²) in [6, 6.07) is 35.1. The lowest BCUT2D eigenvalue weighted by Crippen LogP contribution is -2.61. The summed E-state index contributed by atoms with van der Waals surface area (Å²) in [6.07, 6.45) is 1.51. The van der Waals surface area contributed by atoms with E-state index in [1.54, 1.807) is 29.4 Å². The van der Waals surface area contributed by atoms with E-state index in [9.17, 15) is 14.4 Å². The normalized spacial score (nSPS) is 18.9. The van der Waals surface area contributed by atoms with Crippen LogP contribution in [0.3, 0.4) is 0 Å². The van der Waals surface area contributed by atoms with Crippen LogP contribution in [0.15, 0.2) is 119 Å². The number of hydrogen-bond acceptors (Lipinski definition) is 19. The number of alkyl carbamates (subject to hydrolysis) is 1. The number of piperazine rings is 1. The highest BCUT2D eigenvalue weighted by molar-refractivity contribution is 7.13. The van der Waals surface area contributed by atoms with Crippen molar-refractivity contribution in [3.05, 3.63) is 143 Å². The number of carbonyl (C=O) groups excluding carboxylic acids is 4. The predicted octanol–water partition coefficient (Wildman–Crippen LogP) is 10.9. The van der Waals surface area contributed by atoms with Crippen molar-refractivity contribution >= 4 is 55.0 Å². The van der Waals surface area contributed by atoms with Crippen LogP contribution in [0.4, 0.5) is 16.3 Å². The Morgan fingerprint density at radius 1 is 0.806 bits per heavy atom. The molecule has 0 saturated carbocycles. The monoisotopic (exact) mass is 1370 g/mol. The summed E-state index contributed by atoms with van der Waals surface area (Å²) < 4.78 is 36.1. The maximum atomic E-state index is 15.0. The van der Waals surface area contributed by atoms with Crippen LogP contribution in [0, 0.1) is 18.8 Å². The van der Waals surface area contributed by atoms with Gasteiger partial charge < -0.3 is 58.5 Å². The minimum absolute atomic E-state index is 0.0617. The Hall–Kier alpha value is -8.26. The van der Waals surface area contributed by atoms with Gasteiger partial charge in [-0.1, -0.05) is 120 Å². The average Bonchev–Trinajstić information content (AvgIpc) is 1.59. The predicted molar refractivity (Wildman–Crippen MR) is 381 cm³/mol. The Kier molecular flexibility index (Phi) is 21.6. The van der Waals surface area contributed by atoms with Gasteiger partial charge in [-0.05, 0) is 126 Å². The van der Waals surface area contributed by atoms with E-state index in [-0.39, 0.29) is 79.4 Å². The minimum atomic E-state index is -2.27. The second kappa shape index (κ2) is 30.5. The van der Waals surface area contributed by atoms with Crippen LogP contribution < -0.4 is 35.2 Å². The third-order valence-electron chi connectivity index (χ3n) is 20.6. The lowest BCUT2D eigenvalue weighted by molar-refractivity contribution is -0.141. The van der Waals surface area contributed by atoms with E-state index < -0.39 is 26.4 Å². The smallest absolute Gasteiger partial charge is 0.407 e. The fourth-order valence-corrected chi connectivity index (χ4v) is 16.4. The number of likely N-dealkylation sites (tertiary alicyclic amines) is 2. The number of hydrogen-bond donors (Lipinski definition) is 3. The first-order chi connectivity index (χ1) is 47.2. The molecule has 3 fully saturated rings. The van der Waals surface area contributed by atoms with Crippen molar-refractivity contribution in [2.45, 2.75) is 122 Å². The number of benzene rings is 4. The summed E-state index contributed by atoms with van der Waals surface area (Å²) >= 11 is 1.61. The van der Waals surface area contributed by atoms with Crippen molar-refractivity contribution in [1.29, 1.82) is 0 Å². The summed E-state index contributed by atoms with van der Waals surface area (Å²) in [5, 5.41) is 22.7. The first-order valence-electron chi connectivity index (χ1n) is 34.5. The fraction of sp³-hybridized carbons (Fsp3) is 0.486. The SMILES string of the molecule is COCOc1ccccc1-c1cc2c(nn1)N(CNC(=O)CNC(=O)OCC1c3ccccc3-c3ccccc31)C[C@H]1CN(CC3CCN(CCOc4cc([C@H](C(=O)N5C[C@H](O[Si](C)(C)C(C)(C)C)C[C@H]5C(=O)N[C@@H](C)c5ccc(-c6scnc6C)cc5)C(C)C)on4)CC3)CCN21. The molecule has 0 radical (unpaired) electrons. The molecule has 3 aromatic heterocycles. The van der Waals surface area contributed by atoms with Crippen molar-refractivity contribution < 1.29 is 47.1 Å². The van der Waals surface area contributed by atoms with Gasteiger partial charge >= 0.3 is 6.09 Å². The van der Waals surface area contributed by atoms with Gasteiger partial charge in [-0.25, -0.2) is 9.78 Å². The topological polar surface area (TPSA) is 231 Å². The van der Waals surface area contributed by atoms with Gasteiger partial charge in [0.2, 0.25) is 17.7 Å². The molecule has 12 rings (SSSR count). The summed E-state index contributed by atoms with van der Waals surface area (Å²) in [4.78, 5) is 72.8. The lowest BCUT2D eigenvalue weighted by Gasteiger charge is -2.49. The number of para-hydroxylation sites is 1. The molecule has 3 N–H and O–H groups in total. The van der Waals surface area contributed by atoms with Crippen LogP contribution in [0.2, 0.25) is 18.1 Å². The Balaban J connectivity index is 0.633. The first-order valence-corrected chi connectivity index (χ1v) is 38.3. The van der Waals surface area contributed by atoms with Crippen molar-refractivity contribution in [2.24, 2.45) is 11.8 Å². The summed E-state index contributed by atoms with van der Waals surface area (Å²) in [6.45, 7) is 26.4. The molecule has 7 heterocycles. The van der Waals surface area contributed by atoms with Crippen molar-refractivity contribution in [3.63, 3.8) is 0 Å². The van der Waals surface area contributed by atoms with Gasteiger partial charge in [0.15, 0.2) is 26.7 Å². The second-order valence-electron chi connectivity index (χ2n) is 28.5. The number of methoxy groups -OCH3 is 1.